The second-order valence-corrected chi connectivity index (χ2v) is 3.93. The fourth-order valence-corrected chi connectivity index (χ4v) is 2.10. The third kappa shape index (κ3) is 1.96. The van der Waals surface area contributed by atoms with Crippen LogP contribution in [0.15, 0.2) is 6.07 Å². The molecule has 108 valence electrons. The summed E-state index contributed by atoms with van der Waals surface area (Å²) in [6.45, 7) is 0. The number of hydrogen-bond donors (Lipinski definition) is 0. The van der Waals surface area contributed by atoms with Gasteiger partial charge in [-0.3, -0.25) is 4.79 Å². The zero-order valence-electron chi connectivity index (χ0n) is 11.5. The van der Waals surface area contributed by atoms with E-state index in [9.17, 15) is 9.59 Å². The van der Waals surface area contributed by atoms with Crippen molar-refractivity contribution in [3.8, 4) is 23.0 Å². The van der Waals surface area contributed by atoms with Crippen LogP contribution in [-0.4, -0.2) is 40.2 Å². The molecule has 2 rings (SSSR count). The van der Waals surface area contributed by atoms with Gasteiger partial charge in [-0.1, -0.05) is 0 Å². The van der Waals surface area contributed by atoms with Crippen molar-refractivity contribution in [3.05, 3.63) is 11.6 Å². The Kier molecular flexibility index (Phi) is 3.80. The van der Waals surface area contributed by atoms with Crippen molar-refractivity contribution in [2.45, 2.75) is 6.10 Å². The molecule has 1 aliphatic heterocycles. The van der Waals surface area contributed by atoms with E-state index in [1.165, 1.54) is 34.5 Å². The van der Waals surface area contributed by atoms with Crippen molar-refractivity contribution in [2.75, 3.05) is 28.4 Å². The molecule has 0 saturated carbocycles. The average Bonchev–Trinajstić information content (AvgIpc) is 2.46. The minimum Gasteiger partial charge on any atom is -0.493 e. The highest BCUT2D eigenvalue weighted by molar-refractivity contribution is 6.37. The number of ether oxygens (including phenoxy) is 5. The molecule has 1 atom stereocenters. The van der Waals surface area contributed by atoms with Gasteiger partial charge in [0, 0.05) is 13.2 Å². The lowest BCUT2D eigenvalue weighted by atomic mass is 9.99. The molecule has 1 heterocycles. The van der Waals surface area contributed by atoms with E-state index in [4.69, 9.17) is 23.7 Å². The van der Waals surface area contributed by atoms with Crippen molar-refractivity contribution in [3.63, 3.8) is 0 Å². The Hall–Kier alpha value is -2.28. The monoisotopic (exact) mass is 282 g/mol. The normalized spacial score (nSPS) is 17.3. The van der Waals surface area contributed by atoms with E-state index in [2.05, 4.69) is 0 Å². The summed E-state index contributed by atoms with van der Waals surface area (Å²) in [4.78, 5) is 23.3. The highest BCUT2D eigenvalue weighted by atomic mass is 16.6. The Morgan fingerprint density at radius 2 is 1.65 bits per heavy atom. The van der Waals surface area contributed by atoms with Crippen LogP contribution in [0.2, 0.25) is 0 Å². The van der Waals surface area contributed by atoms with Crippen LogP contribution < -0.4 is 18.9 Å². The van der Waals surface area contributed by atoms with Gasteiger partial charge in [-0.2, -0.15) is 0 Å². The van der Waals surface area contributed by atoms with Gasteiger partial charge in [-0.05, 0) is 0 Å². The maximum Gasteiger partial charge on any atom is 0.383 e. The van der Waals surface area contributed by atoms with Crippen molar-refractivity contribution in [1.29, 1.82) is 0 Å². The summed E-state index contributed by atoms with van der Waals surface area (Å²) in [6.07, 6.45) is -1.10. The lowest BCUT2D eigenvalue weighted by Crippen LogP contribution is -2.33. The van der Waals surface area contributed by atoms with Crippen LogP contribution in [0.1, 0.15) is 11.7 Å². The zero-order valence-corrected chi connectivity index (χ0v) is 11.5. The minimum atomic E-state index is -1.10. The Morgan fingerprint density at radius 1 is 1.00 bits per heavy atom. The number of esters is 1. The van der Waals surface area contributed by atoms with Gasteiger partial charge < -0.3 is 23.7 Å². The van der Waals surface area contributed by atoms with Gasteiger partial charge in [0.1, 0.15) is 5.75 Å². The van der Waals surface area contributed by atoms with Gasteiger partial charge in [0.05, 0.1) is 26.9 Å². The standard InChI is InChI=1S/C13H14O7/c1-16-7-5-6-8(12(19-4)10(7)17-2)11(18-3)9(14)13(15)20-6/h5,11H,1-4H3. The molecular formula is C13H14O7. The maximum absolute atomic E-state index is 11.8. The van der Waals surface area contributed by atoms with Crippen molar-refractivity contribution in [2.24, 2.45) is 0 Å². The molecule has 1 aliphatic rings. The van der Waals surface area contributed by atoms with Crippen LogP contribution in [0.3, 0.4) is 0 Å². The summed E-state index contributed by atoms with van der Waals surface area (Å²) in [5.74, 6) is -0.795. The fraction of sp³-hybridized carbons (Fsp3) is 0.385. The topological polar surface area (TPSA) is 80.3 Å². The first-order valence-electron chi connectivity index (χ1n) is 5.70. The molecule has 0 radical (unpaired) electrons. The van der Waals surface area contributed by atoms with E-state index < -0.39 is 17.9 Å². The van der Waals surface area contributed by atoms with E-state index >= 15 is 0 Å². The number of rotatable bonds is 4. The Labute approximate surface area is 115 Å². The molecule has 0 fully saturated rings. The fourth-order valence-electron chi connectivity index (χ4n) is 2.10. The Morgan fingerprint density at radius 3 is 2.15 bits per heavy atom. The molecular weight excluding hydrogens is 268 g/mol. The number of Topliss-reactive ketones (excluding diaryl/α,β-unsaturated/α-hetero) is 1. The highest BCUT2D eigenvalue weighted by Crippen LogP contribution is 2.49. The van der Waals surface area contributed by atoms with E-state index in [0.717, 1.165) is 0 Å². The molecule has 7 heteroatoms. The van der Waals surface area contributed by atoms with Crippen LogP contribution in [0, 0.1) is 0 Å². The van der Waals surface area contributed by atoms with Crippen LogP contribution in [0.5, 0.6) is 23.0 Å². The summed E-state index contributed by atoms with van der Waals surface area (Å²) in [7, 11) is 5.60. The zero-order chi connectivity index (χ0) is 14.9. The highest BCUT2D eigenvalue weighted by Gasteiger charge is 2.41. The molecule has 0 aliphatic carbocycles. The quantitative estimate of drug-likeness (QED) is 0.461. The molecule has 7 nitrogen and oxygen atoms in total. The molecule has 0 bridgehead atoms. The van der Waals surface area contributed by atoms with E-state index in [-0.39, 0.29) is 11.5 Å². The molecule has 0 saturated heterocycles. The smallest absolute Gasteiger partial charge is 0.383 e. The number of ketones is 1. The lowest BCUT2D eigenvalue weighted by molar-refractivity contribution is -0.154. The van der Waals surface area contributed by atoms with Crippen molar-refractivity contribution in [1.82, 2.24) is 0 Å². The third-order valence-corrected chi connectivity index (χ3v) is 2.97. The molecule has 0 spiro atoms. The first-order chi connectivity index (χ1) is 9.58. The molecule has 1 aromatic carbocycles. The minimum absolute atomic E-state index is 0.149. The number of carbonyl (C=O) groups is 2. The summed E-state index contributed by atoms with van der Waals surface area (Å²) < 4.78 is 25.7. The molecule has 0 N–H and O–H groups in total. The second-order valence-electron chi connectivity index (χ2n) is 3.93. The van der Waals surface area contributed by atoms with Crippen LogP contribution in [0.4, 0.5) is 0 Å². The second kappa shape index (κ2) is 5.38. The van der Waals surface area contributed by atoms with Gasteiger partial charge in [-0.25, -0.2) is 4.79 Å². The Balaban J connectivity index is 2.75. The molecule has 1 aromatic rings. The van der Waals surface area contributed by atoms with Crippen LogP contribution in [0.25, 0.3) is 0 Å². The number of benzene rings is 1. The lowest BCUT2D eigenvalue weighted by Gasteiger charge is -2.26. The van der Waals surface area contributed by atoms with Gasteiger partial charge >= 0.3 is 5.97 Å². The predicted octanol–water partition coefficient (Wildman–Crippen LogP) is 0.888. The molecule has 20 heavy (non-hydrogen) atoms. The molecule has 0 aromatic heterocycles. The summed E-state index contributed by atoms with van der Waals surface area (Å²) in [5.41, 5.74) is 0.303. The molecule has 0 amide bonds. The first kappa shape index (κ1) is 14.1. The number of carbonyl (C=O) groups excluding carboxylic acids is 2. The third-order valence-electron chi connectivity index (χ3n) is 2.97. The van der Waals surface area contributed by atoms with Crippen LogP contribution in [-0.2, 0) is 14.3 Å². The van der Waals surface area contributed by atoms with Crippen molar-refractivity contribution >= 4 is 11.8 Å². The summed E-state index contributed by atoms with van der Waals surface area (Å²) >= 11 is 0. The number of hydrogen-bond acceptors (Lipinski definition) is 7. The number of fused-ring (bicyclic) bond motifs is 1. The number of methoxy groups -OCH3 is 4. The first-order valence-corrected chi connectivity index (χ1v) is 5.70. The van der Waals surface area contributed by atoms with E-state index in [1.807, 2.05) is 0 Å². The van der Waals surface area contributed by atoms with E-state index in [0.29, 0.717) is 17.1 Å². The summed E-state index contributed by atoms with van der Waals surface area (Å²) in [6, 6.07) is 1.45. The predicted molar refractivity (Wildman–Crippen MR) is 66.5 cm³/mol. The maximum atomic E-state index is 11.8. The van der Waals surface area contributed by atoms with Gasteiger partial charge in [0.15, 0.2) is 17.6 Å². The van der Waals surface area contributed by atoms with Crippen LogP contribution >= 0.6 is 0 Å². The van der Waals surface area contributed by atoms with Gasteiger partial charge in [0.2, 0.25) is 5.75 Å². The van der Waals surface area contributed by atoms with Gasteiger partial charge in [-0.15, -0.1) is 0 Å². The summed E-state index contributed by atoms with van der Waals surface area (Å²) in [5, 5.41) is 0. The Bertz CT molecular complexity index is 564. The van der Waals surface area contributed by atoms with Gasteiger partial charge in [0.25, 0.3) is 5.78 Å². The van der Waals surface area contributed by atoms with Crippen molar-refractivity contribution < 1.29 is 33.3 Å². The SMILES string of the molecule is COc1cc2c(c(OC)c1OC)C(OC)C(=O)C(=O)O2. The average molecular weight is 282 g/mol. The molecule has 1 unspecified atom stereocenters. The largest absolute Gasteiger partial charge is 0.493 e. The van der Waals surface area contributed by atoms with E-state index in [1.54, 1.807) is 0 Å².